The largest absolute Gasteiger partial charge is 0.480 e. The fraction of sp³-hybridized carbons (Fsp3) is 0.400. The van der Waals surface area contributed by atoms with Crippen molar-refractivity contribution in [1.29, 1.82) is 0 Å². The maximum atomic E-state index is 12.3. The van der Waals surface area contributed by atoms with E-state index >= 15 is 0 Å². The van der Waals surface area contributed by atoms with Crippen LogP contribution in [-0.2, 0) is 20.8 Å². The molecule has 0 aliphatic rings. The molecule has 0 aliphatic heterocycles. The molecule has 2 amide bonds. The minimum atomic E-state index is -1.49. The van der Waals surface area contributed by atoms with Crippen LogP contribution in [0.2, 0.25) is 0 Å². The van der Waals surface area contributed by atoms with Gasteiger partial charge in [0, 0.05) is 6.42 Å². The molecule has 3 atom stereocenters. The summed E-state index contributed by atoms with van der Waals surface area (Å²) in [5, 5.41) is 31.3. The summed E-state index contributed by atoms with van der Waals surface area (Å²) in [7, 11) is 0. The number of nitrogens with two attached hydrogens (primary N) is 1. The van der Waals surface area contributed by atoms with E-state index in [-0.39, 0.29) is 6.42 Å². The van der Waals surface area contributed by atoms with Gasteiger partial charge in [-0.1, -0.05) is 30.3 Å². The fourth-order valence-corrected chi connectivity index (χ4v) is 1.88. The Kier molecular flexibility index (Phi) is 7.83. The van der Waals surface area contributed by atoms with E-state index in [1.807, 2.05) is 0 Å². The summed E-state index contributed by atoms with van der Waals surface area (Å²) in [5.41, 5.74) is 6.13. The molecule has 0 spiro atoms. The van der Waals surface area contributed by atoms with Gasteiger partial charge in [0.25, 0.3) is 0 Å². The highest BCUT2D eigenvalue weighted by molar-refractivity contribution is 5.92. The number of nitrogens with one attached hydrogen (secondary N) is 2. The summed E-state index contributed by atoms with van der Waals surface area (Å²) in [4.78, 5) is 35.0. The van der Waals surface area contributed by atoms with Crippen LogP contribution in [0.3, 0.4) is 0 Å². The van der Waals surface area contributed by atoms with Gasteiger partial charge in [-0.25, -0.2) is 4.79 Å². The number of rotatable bonds is 9. The minimum absolute atomic E-state index is 0.0916. The van der Waals surface area contributed by atoms with Gasteiger partial charge in [0.15, 0.2) is 0 Å². The van der Waals surface area contributed by atoms with Gasteiger partial charge in [-0.05, 0) is 5.56 Å². The van der Waals surface area contributed by atoms with Crippen molar-refractivity contribution in [3.8, 4) is 0 Å². The number of benzene rings is 1. The molecule has 0 radical (unpaired) electrons. The molecule has 0 heterocycles. The number of carbonyl (C=O) groups is 3. The maximum Gasteiger partial charge on any atom is 0.328 e. The van der Waals surface area contributed by atoms with E-state index in [1.165, 1.54) is 0 Å². The predicted octanol–water partition coefficient (Wildman–Crippen LogP) is -2.40. The van der Waals surface area contributed by atoms with Gasteiger partial charge in [-0.15, -0.1) is 0 Å². The molecule has 132 valence electrons. The minimum Gasteiger partial charge on any atom is -0.480 e. The number of aliphatic carboxylic acids is 1. The Morgan fingerprint density at radius 2 is 1.54 bits per heavy atom. The Morgan fingerprint density at radius 3 is 2.04 bits per heavy atom. The lowest BCUT2D eigenvalue weighted by molar-refractivity contribution is -0.143. The van der Waals surface area contributed by atoms with Crippen molar-refractivity contribution in [2.45, 2.75) is 24.5 Å². The number of carboxylic acid groups (broad SMARTS) is 1. The van der Waals surface area contributed by atoms with Gasteiger partial charge in [0.2, 0.25) is 11.8 Å². The van der Waals surface area contributed by atoms with E-state index in [9.17, 15) is 14.4 Å². The molecule has 0 aliphatic carbocycles. The maximum absolute atomic E-state index is 12.3. The van der Waals surface area contributed by atoms with Gasteiger partial charge >= 0.3 is 5.97 Å². The molecule has 9 nitrogen and oxygen atoms in total. The van der Waals surface area contributed by atoms with Crippen LogP contribution in [0.4, 0.5) is 0 Å². The monoisotopic (exact) mass is 339 g/mol. The van der Waals surface area contributed by atoms with Crippen molar-refractivity contribution < 1.29 is 29.7 Å². The standard InChI is InChI=1S/C15H21N3O6/c16-10(7-19)13(21)17-11(6-9-4-2-1-3-5-9)14(22)18-12(8-20)15(23)24/h1-5,10-12,19-20H,6-8,16H2,(H,17,21)(H,18,22)(H,23,24). The second-order valence-electron chi connectivity index (χ2n) is 5.12. The number of carboxylic acids is 1. The van der Waals surface area contributed by atoms with Crippen LogP contribution in [0.5, 0.6) is 0 Å². The summed E-state index contributed by atoms with van der Waals surface area (Å²) in [6.07, 6.45) is 0.0916. The van der Waals surface area contributed by atoms with Crippen molar-refractivity contribution in [1.82, 2.24) is 10.6 Å². The van der Waals surface area contributed by atoms with Crippen molar-refractivity contribution in [2.24, 2.45) is 5.73 Å². The smallest absolute Gasteiger partial charge is 0.328 e. The normalized spacial score (nSPS) is 14.3. The van der Waals surface area contributed by atoms with Crippen LogP contribution < -0.4 is 16.4 Å². The highest BCUT2D eigenvalue weighted by Gasteiger charge is 2.27. The second-order valence-corrected chi connectivity index (χ2v) is 5.12. The van der Waals surface area contributed by atoms with Gasteiger partial charge in [0.1, 0.15) is 18.1 Å². The van der Waals surface area contributed by atoms with E-state index in [4.69, 9.17) is 21.1 Å². The molecule has 1 aromatic carbocycles. The van der Waals surface area contributed by atoms with Crippen LogP contribution in [0.25, 0.3) is 0 Å². The Morgan fingerprint density at radius 1 is 0.958 bits per heavy atom. The molecule has 0 saturated carbocycles. The zero-order chi connectivity index (χ0) is 18.1. The third-order valence-electron chi connectivity index (χ3n) is 3.25. The van der Waals surface area contributed by atoms with E-state index in [0.29, 0.717) is 0 Å². The summed E-state index contributed by atoms with van der Waals surface area (Å²) in [5.74, 6) is -2.93. The first-order valence-electron chi connectivity index (χ1n) is 7.23. The highest BCUT2D eigenvalue weighted by atomic mass is 16.4. The number of hydrogen-bond acceptors (Lipinski definition) is 6. The lowest BCUT2D eigenvalue weighted by Gasteiger charge is -2.22. The molecule has 9 heteroatoms. The quantitative estimate of drug-likeness (QED) is 0.292. The average molecular weight is 339 g/mol. The second kappa shape index (κ2) is 9.60. The first-order valence-corrected chi connectivity index (χ1v) is 7.23. The number of aliphatic hydroxyl groups is 2. The number of carbonyl (C=O) groups excluding carboxylic acids is 2. The van der Waals surface area contributed by atoms with E-state index in [0.717, 1.165) is 5.56 Å². The summed E-state index contributed by atoms with van der Waals surface area (Å²) < 4.78 is 0. The predicted molar refractivity (Wildman–Crippen MR) is 83.8 cm³/mol. The SMILES string of the molecule is NC(CO)C(=O)NC(Cc1ccccc1)C(=O)NC(CO)C(=O)O. The number of hydrogen-bond donors (Lipinski definition) is 6. The van der Waals surface area contributed by atoms with Crippen LogP contribution in [0.15, 0.2) is 30.3 Å². The molecule has 0 fully saturated rings. The molecule has 0 bridgehead atoms. The third-order valence-corrected chi connectivity index (χ3v) is 3.25. The van der Waals surface area contributed by atoms with E-state index in [2.05, 4.69) is 10.6 Å². The average Bonchev–Trinajstić information content (AvgIpc) is 2.58. The lowest BCUT2D eigenvalue weighted by atomic mass is 10.0. The summed E-state index contributed by atoms with van der Waals surface area (Å²) in [6.45, 7) is -1.39. The molecule has 1 rings (SSSR count). The van der Waals surface area contributed by atoms with E-state index < -0.39 is 49.1 Å². The Balaban J connectivity index is 2.88. The lowest BCUT2D eigenvalue weighted by Crippen LogP contribution is -2.56. The van der Waals surface area contributed by atoms with Crippen LogP contribution >= 0.6 is 0 Å². The van der Waals surface area contributed by atoms with Crippen molar-refractivity contribution >= 4 is 17.8 Å². The topological polar surface area (TPSA) is 162 Å². The van der Waals surface area contributed by atoms with Gasteiger partial charge in [-0.3, -0.25) is 9.59 Å². The van der Waals surface area contributed by atoms with Crippen LogP contribution in [-0.4, -0.2) is 64.4 Å². The first-order chi connectivity index (χ1) is 11.4. The molecule has 1 aromatic rings. The third kappa shape index (κ3) is 5.95. The fourth-order valence-electron chi connectivity index (χ4n) is 1.88. The molecule has 3 unspecified atom stereocenters. The first kappa shape index (κ1) is 19.6. The molecular weight excluding hydrogens is 318 g/mol. The molecule has 0 saturated heterocycles. The summed E-state index contributed by atoms with van der Waals surface area (Å²) >= 11 is 0. The van der Waals surface area contributed by atoms with Gasteiger partial charge in [-0.2, -0.15) is 0 Å². The molecule has 0 aromatic heterocycles. The van der Waals surface area contributed by atoms with Crippen molar-refractivity contribution in [3.05, 3.63) is 35.9 Å². The van der Waals surface area contributed by atoms with Crippen molar-refractivity contribution in [2.75, 3.05) is 13.2 Å². The zero-order valence-electron chi connectivity index (χ0n) is 12.9. The molecule has 24 heavy (non-hydrogen) atoms. The number of aliphatic hydroxyl groups excluding tert-OH is 2. The van der Waals surface area contributed by atoms with Crippen LogP contribution in [0, 0.1) is 0 Å². The Bertz CT molecular complexity index is 566. The molecule has 7 N–H and O–H groups in total. The number of amides is 2. The highest BCUT2D eigenvalue weighted by Crippen LogP contribution is 2.04. The van der Waals surface area contributed by atoms with Gasteiger partial charge in [0.05, 0.1) is 13.2 Å². The summed E-state index contributed by atoms with van der Waals surface area (Å²) in [6, 6.07) is 4.96. The van der Waals surface area contributed by atoms with Crippen molar-refractivity contribution in [3.63, 3.8) is 0 Å². The van der Waals surface area contributed by atoms with Crippen LogP contribution in [0.1, 0.15) is 5.56 Å². The van der Waals surface area contributed by atoms with E-state index in [1.54, 1.807) is 30.3 Å². The Labute approximate surface area is 138 Å². The molecular formula is C15H21N3O6. The zero-order valence-corrected chi connectivity index (χ0v) is 12.9. The van der Waals surface area contributed by atoms with Gasteiger partial charge < -0.3 is 31.7 Å². The Hall–Kier alpha value is -2.49.